The highest BCUT2D eigenvalue weighted by Gasteiger charge is 2.30. The fourth-order valence-electron chi connectivity index (χ4n) is 0.427. The van der Waals surface area contributed by atoms with Crippen molar-refractivity contribution in [3.05, 3.63) is 0 Å². The van der Waals surface area contributed by atoms with E-state index in [9.17, 15) is 9.59 Å². The van der Waals surface area contributed by atoms with Gasteiger partial charge in [0.25, 0.3) is 0 Å². The monoisotopic (exact) mass is 206 g/mol. The van der Waals surface area contributed by atoms with Gasteiger partial charge in [-0.2, -0.15) is 0 Å². The van der Waals surface area contributed by atoms with Gasteiger partial charge in [0.1, 0.15) is 0 Å². The average molecular weight is 206 g/mol. The zero-order chi connectivity index (χ0) is 10.6. The van der Waals surface area contributed by atoms with Crippen LogP contribution in [-0.4, -0.2) is 22.5 Å². The maximum atomic E-state index is 11.2. The van der Waals surface area contributed by atoms with Crippen molar-refractivity contribution < 1.29 is 19.4 Å². The van der Waals surface area contributed by atoms with Crippen molar-refractivity contribution in [1.82, 2.24) is 0 Å². The second-order valence-electron chi connectivity index (χ2n) is 3.32. The number of carbonyl (C=O) groups is 2. The molecule has 0 aromatic heterocycles. The van der Waals surface area contributed by atoms with Crippen LogP contribution in [0.2, 0.25) is 0 Å². The molecule has 13 heavy (non-hydrogen) atoms. The van der Waals surface area contributed by atoms with Gasteiger partial charge in [-0.15, -0.1) is 12.6 Å². The first-order chi connectivity index (χ1) is 5.81. The lowest BCUT2D eigenvalue weighted by Gasteiger charge is -2.19. The Kier molecular flexibility index (Phi) is 4.43. The van der Waals surface area contributed by atoms with Crippen molar-refractivity contribution in [3.8, 4) is 0 Å². The summed E-state index contributed by atoms with van der Waals surface area (Å²) < 4.78 is 4.36. The molecule has 1 N–H and O–H groups in total. The summed E-state index contributed by atoms with van der Waals surface area (Å²) in [6.45, 7) is 5.13. The van der Waals surface area contributed by atoms with E-state index in [0.717, 1.165) is 0 Å². The van der Waals surface area contributed by atoms with E-state index in [1.807, 2.05) is 6.92 Å². The summed E-state index contributed by atoms with van der Waals surface area (Å²) in [6, 6.07) is 0. The maximum absolute atomic E-state index is 11.2. The van der Waals surface area contributed by atoms with E-state index in [0.29, 0.717) is 6.42 Å². The summed E-state index contributed by atoms with van der Waals surface area (Å²) in [5.74, 6) is -1.68. The van der Waals surface area contributed by atoms with E-state index in [1.54, 1.807) is 13.8 Å². The summed E-state index contributed by atoms with van der Waals surface area (Å²) in [7, 11) is 0. The standard InChI is InChI=1S/C8H14O4S/c1-4-8(2,3)7(11)12-5(9)6(10)13/h6,10,13H,4H2,1-3H3. The van der Waals surface area contributed by atoms with Gasteiger partial charge in [0.15, 0.2) is 5.44 Å². The van der Waals surface area contributed by atoms with Crippen molar-refractivity contribution in [1.29, 1.82) is 0 Å². The Hall–Kier alpha value is -0.550. The van der Waals surface area contributed by atoms with Crippen LogP contribution in [0.25, 0.3) is 0 Å². The summed E-state index contributed by atoms with van der Waals surface area (Å²) >= 11 is 3.42. The van der Waals surface area contributed by atoms with Crippen LogP contribution >= 0.6 is 12.6 Å². The third-order valence-corrected chi connectivity index (χ3v) is 2.05. The molecule has 0 radical (unpaired) electrons. The van der Waals surface area contributed by atoms with E-state index >= 15 is 0 Å². The molecule has 0 bridgehead atoms. The lowest BCUT2D eigenvalue weighted by atomic mass is 9.91. The predicted molar refractivity (Wildman–Crippen MR) is 50.2 cm³/mol. The van der Waals surface area contributed by atoms with Crippen LogP contribution in [0.5, 0.6) is 0 Å². The van der Waals surface area contributed by atoms with Crippen LogP contribution in [0.15, 0.2) is 0 Å². The van der Waals surface area contributed by atoms with Crippen molar-refractivity contribution in [2.75, 3.05) is 0 Å². The van der Waals surface area contributed by atoms with Gasteiger partial charge in [0, 0.05) is 0 Å². The maximum Gasteiger partial charge on any atom is 0.353 e. The largest absolute Gasteiger partial charge is 0.390 e. The fraction of sp³-hybridized carbons (Fsp3) is 0.750. The first kappa shape index (κ1) is 12.4. The summed E-state index contributed by atoms with van der Waals surface area (Å²) in [5.41, 5.74) is -2.27. The van der Waals surface area contributed by atoms with Crippen molar-refractivity contribution >= 4 is 24.6 Å². The second-order valence-corrected chi connectivity index (χ2v) is 3.81. The smallest absolute Gasteiger partial charge is 0.353 e. The number of ether oxygens (including phenoxy) is 1. The topological polar surface area (TPSA) is 63.6 Å². The summed E-state index contributed by atoms with van der Waals surface area (Å²) in [5, 5.41) is 8.65. The van der Waals surface area contributed by atoms with E-state index in [-0.39, 0.29) is 0 Å². The minimum Gasteiger partial charge on any atom is -0.390 e. The van der Waals surface area contributed by atoms with Gasteiger partial charge in [-0.05, 0) is 20.3 Å². The number of aliphatic hydroxyl groups is 1. The molecule has 0 aliphatic rings. The number of rotatable bonds is 3. The van der Waals surface area contributed by atoms with Crippen molar-refractivity contribution in [3.63, 3.8) is 0 Å². The second kappa shape index (κ2) is 4.62. The Labute approximate surface area is 82.7 Å². The third-order valence-electron chi connectivity index (χ3n) is 1.84. The third kappa shape index (κ3) is 3.78. The van der Waals surface area contributed by atoms with E-state index in [1.165, 1.54) is 0 Å². The molecule has 0 saturated carbocycles. The molecule has 0 spiro atoms. The highest BCUT2D eigenvalue weighted by molar-refractivity contribution is 7.81. The van der Waals surface area contributed by atoms with Crippen LogP contribution in [0, 0.1) is 5.41 Å². The number of hydrogen-bond acceptors (Lipinski definition) is 5. The SMILES string of the molecule is CCC(C)(C)C(=O)OC(=O)C(O)S. The fourth-order valence-corrected chi connectivity index (χ4v) is 0.479. The van der Waals surface area contributed by atoms with Gasteiger partial charge in [-0.3, -0.25) is 4.79 Å². The molecule has 0 aliphatic heterocycles. The van der Waals surface area contributed by atoms with Gasteiger partial charge in [-0.1, -0.05) is 6.92 Å². The molecular weight excluding hydrogens is 192 g/mol. The van der Waals surface area contributed by atoms with Gasteiger partial charge >= 0.3 is 11.9 Å². The highest BCUT2D eigenvalue weighted by atomic mass is 32.1. The molecular formula is C8H14O4S. The molecule has 0 aromatic rings. The molecule has 0 aromatic carbocycles. The molecule has 5 heteroatoms. The summed E-state index contributed by atoms with van der Waals surface area (Å²) in [4.78, 5) is 22.0. The Morgan fingerprint density at radius 3 is 2.31 bits per heavy atom. The molecule has 0 aliphatic carbocycles. The molecule has 76 valence electrons. The van der Waals surface area contributed by atoms with Gasteiger partial charge in [-0.25, -0.2) is 4.79 Å². The molecule has 0 amide bonds. The van der Waals surface area contributed by atoms with Gasteiger partial charge in [0.05, 0.1) is 5.41 Å². The van der Waals surface area contributed by atoms with Crippen LogP contribution in [0.1, 0.15) is 27.2 Å². The summed E-state index contributed by atoms with van der Waals surface area (Å²) in [6.07, 6.45) is 0.557. The Morgan fingerprint density at radius 1 is 1.54 bits per heavy atom. The van der Waals surface area contributed by atoms with Gasteiger partial charge < -0.3 is 9.84 Å². The van der Waals surface area contributed by atoms with E-state index in [4.69, 9.17) is 5.11 Å². The Bertz CT molecular complexity index is 210. The molecule has 0 rings (SSSR count). The quantitative estimate of drug-likeness (QED) is 0.309. The average Bonchev–Trinajstić information content (AvgIpc) is 2.04. The molecule has 4 nitrogen and oxygen atoms in total. The number of esters is 2. The minimum absolute atomic E-state index is 0.557. The zero-order valence-electron chi connectivity index (χ0n) is 7.90. The van der Waals surface area contributed by atoms with Crippen LogP contribution in [0.4, 0.5) is 0 Å². The zero-order valence-corrected chi connectivity index (χ0v) is 8.80. The number of carbonyl (C=O) groups excluding carboxylic acids is 2. The van der Waals surface area contributed by atoms with Gasteiger partial charge in [0.2, 0.25) is 0 Å². The Morgan fingerprint density at radius 2 is 2.00 bits per heavy atom. The van der Waals surface area contributed by atoms with Crippen LogP contribution in [0.3, 0.4) is 0 Å². The molecule has 0 fully saturated rings. The predicted octanol–water partition coefficient (Wildman–Crippen LogP) is 0.741. The Balaban J connectivity index is 4.24. The first-order valence-corrected chi connectivity index (χ1v) is 4.45. The minimum atomic E-state index is -1.56. The number of thiol groups is 1. The molecule has 1 unspecified atom stereocenters. The first-order valence-electron chi connectivity index (χ1n) is 3.93. The van der Waals surface area contributed by atoms with E-state index < -0.39 is 22.8 Å². The van der Waals surface area contributed by atoms with Crippen molar-refractivity contribution in [2.24, 2.45) is 5.41 Å². The van der Waals surface area contributed by atoms with Crippen LogP contribution in [-0.2, 0) is 14.3 Å². The molecule has 1 atom stereocenters. The molecule has 0 saturated heterocycles. The van der Waals surface area contributed by atoms with Crippen molar-refractivity contribution in [2.45, 2.75) is 32.6 Å². The molecule has 0 heterocycles. The number of hydrogen-bond donors (Lipinski definition) is 2. The lowest BCUT2D eigenvalue weighted by molar-refractivity contribution is -0.169. The lowest BCUT2D eigenvalue weighted by Crippen LogP contribution is -2.31. The highest BCUT2D eigenvalue weighted by Crippen LogP contribution is 2.21. The van der Waals surface area contributed by atoms with Crippen LogP contribution < -0.4 is 0 Å². The van der Waals surface area contributed by atoms with E-state index in [2.05, 4.69) is 17.4 Å². The normalized spacial score (nSPS) is 13.6. The number of aliphatic hydroxyl groups excluding tert-OH is 1.